The number of carbonyl (C=O) groups excluding carboxylic acids is 3. The second-order valence-corrected chi connectivity index (χ2v) is 9.73. The molecule has 0 aliphatic carbocycles. The van der Waals surface area contributed by atoms with Crippen LogP contribution in [0.5, 0.6) is 5.75 Å². The number of nitrogens with zero attached hydrogens (tertiary/aromatic N) is 1. The van der Waals surface area contributed by atoms with Crippen LogP contribution in [0.15, 0.2) is 42.5 Å². The molecule has 0 saturated heterocycles. The molecule has 0 aliphatic rings. The second kappa shape index (κ2) is 11.7. The van der Waals surface area contributed by atoms with Crippen LogP contribution in [0.2, 0.25) is 0 Å². The Bertz CT molecular complexity index is 1040. The number of rotatable bonds is 8. The molecule has 8 nitrogen and oxygen atoms in total. The van der Waals surface area contributed by atoms with Crippen LogP contribution in [0.3, 0.4) is 0 Å². The fraction of sp³-hybridized carbons (Fsp3) is 0.444. The number of ether oxygens (including phenoxy) is 2. The van der Waals surface area contributed by atoms with Gasteiger partial charge in [0, 0.05) is 11.7 Å². The van der Waals surface area contributed by atoms with E-state index in [1.54, 1.807) is 52.1 Å². The summed E-state index contributed by atoms with van der Waals surface area (Å²) in [7, 11) is 1.57. The van der Waals surface area contributed by atoms with Crippen molar-refractivity contribution in [1.29, 1.82) is 0 Å². The van der Waals surface area contributed by atoms with Crippen LogP contribution in [0.1, 0.15) is 57.4 Å². The molecular formula is C27H37N3O5. The first-order valence-corrected chi connectivity index (χ1v) is 11.6. The van der Waals surface area contributed by atoms with Gasteiger partial charge in [-0.3, -0.25) is 9.59 Å². The van der Waals surface area contributed by atoms with Crippen molar-refractivity contribution in [2.75, 3.05) is 19.0 Å². The van der Waals surface area contributed by atoms with Crippen molar-refractivity contribution < 1.29 is 23.9 Å². The van der Waals surface area contributed by atoms with Crippen molar-refractivity contribution in [1.82, 2.24) is 10.2 Å². The zero-order chi connectivity index (χ0) is 26.3. The molecule has 2 aromatic carbocycles. The molecule has 2 rings (SSSR count). The number of anilines is 1. The highest BCUT2D eigenvalue weighted by molar-refractivity contribution is 5.98. The molecular weight excluding hydrogens is 446 g/mol. The number of nitrogens with one attached hydrogen (secondary N) is 2. The van der Waals surface area contributed by atoms with E-state index in [2.05, 4.69) is 10.6 Å². The van der Waals surface area contributed by atoms with Gasteiger partial charge in [0.25, 0.3) is 5.91 Å². The molecule has 190 valence electrons. The quantitative estimate of drug-likeness (QED) is 0.565. The number of aryl methyl sites for hydroxylation is 2. The van der Waals surface area contributed by atoms with Crippen LogP contribution in [0, 0.1) is 13.8 Å². The lowest BCUT2D eigenvalue weighted by Crippen LogP contribution is -2.49. The maximum atomic E-state index is 13.7. The molecule has 3 amide bonds. The van der Waals surface area contributed by atoms with Crippen LogP contribution in [-0.2, 0) is 14.3 Å². The second-order valence-electron chi connectivity index (χ2n) is 9.73. The van der Waals surface area contributed by atoms with E-state index in [0.717, 1.165) is 16.7 Å². The smallest absolute Gasteiger partial charge is 0.408 e. The van der Waals surface area contributed by atoms with E-state index < -0.39 is 23.6 Å². The molecule has 0 radical (unpaired) electrons. The molecule has 35 heavy (non-hydrogen) atoms. The van der Waals surface area contributed by atoms with Crippen LogP contribution in [0.25, 0.3) is 0 Å². The SMILES string of the molecule is COc1ccc(NC(=O)C(c2cc(C)ccc2C)N(C(=O)CNC(=O)OC(C)(C)C)C(C)C)cc1. The molecule has 2 aromatic rings. The molecule has 0 spiro atoms. The molecule has 2 N–H and O–H groups in total. The Labute approximate surface area is 208 Å². The van der Waals surface area contributed by atoms with Crippen LogP contribution >= 0.6 is 0 Å². The van der Waals surface area contributed by atoms with Crippen molar-refractivity contribution in [3.63, 3.8) is 0 Å². The summed E-state index contributed by atoms with van der Waals surface area (Å²) in [5.74, 6) is -0.0916. The fourth-order valence-corrected chi connectivity index (χ4v) is 3.64. The first-order valence-electron chi connectivity index (χ1n) is 11.6. The van der Waals surface area contributed by atoms with Gasteiger partial charge in [0.2, 0.25) is 5.91 Å². The summed E-state index contributed by atoms with van der Waals surface area (Å²) in [5, 5.41) is 5.43. The maximum absolute atomic E-state index is 13.7. The van der Waals surface area contributed by atoms with Gasteiger partial charge in [-0.25, -0.2) is 4.79 Å². The predicted octanol–water partition coefficient (Wildman–Crippen LogP) is 4.75. The molecule has 0 aromatic heterocycles. The van der Waals surface area contributed by atoms with E-state index >= 15 is 0 Å². The minimum Gasteiger partial charge on any atom is -0.497 e. The largest absolute Gasteiger partial charge is 0.497 e. The third-order valence-electron chi connectivity index (χ3n) is 5.24. The fourth-order valence-electron chi connectivity index (χ4n) is 3.64. The highest BCUT2D eigenvalue weighted by Crippen LogP contribution is 2.29. The molecule has 1 unspecified atom stereocenters. The lowest BCUT2D eigenvalue weighted by atomic mass is 9.95. The number of methoxy groups -OCH3 is 1. The Morgan fingerprint density at radius 2 is 1.63 bits per heavy atom. The summed E-state index contributed by atoms with van der Waals surface area (Å²) in [6.07, 6.45) is -0.694. The van der Waals surface area contributed by atoms with Crippen molar-refractivity contribution >= 4 is 23.6 Å². The number of hydrogen-bond acceptors (Lipinski definition) is 5. The minimum atomic E-state index is -0.912. The van der Waals surface area contributed by atoms with E-state index in [0.29, 0.717) is 11.4 Å². The molecule has 0 heterocycles. The van der Waals surface area contributed by atoms with Gasteiger partial charge in [0.1, 0.15) is 23.9 Å². The molecule has 0 aliphatic heterocycles. The molecule has 8 heteroatoms. The van der Waals surface area contributed by atoms with Gasteiger partial charge in [0.05, 0.1) is 7.11 Å². The van der Waals surface area contributed by atoms with E-state index in [1.807, 2.05) is 45.9 Å². The highest BCUT2D eigenvalue weighted by atomic mass is 16.6. The number of alkyl carbamates (subject to hydrolysis) is 1. The number of amides is 3. The molecule has 0 fully saturated rings. The summed E-state index contributed by atoms with van der Waals surface area (Å²) < 4.78 is 10.4. The average Bonchev–Trinajstić information content (AvgIpc) is 2.76. The summed E-state index contributed by atoms with van der Waals surface area (Å²) in [4.78, 5) is 40.7. The van der Waals surface area contributed by atoms with Crippen LogP contribution < -0.4 is 15.4 Å². The van der Waals surface area contributed by atoms with Crippen molar-refractivity contribution in [3.8, 4) is 5.75 Å². The summed E-state index contributed by atoms with van der Waals surface area (Å²) in [5.41, 5.74) is 2.45. The third kappa shape index (κ3) is 8.02. The third-order valence-corrected chi connectivity index (χ3v) is 5.24. The monoisotopic (exact) mass is 483 g/mol. The van der Waals surface area contributed by atoms with Crippen molar-refractivity contribution in [3.05, 3.63) is 59.2 Å². The van der Waals surface area contributed by atoms with Gasteiger partial charge in [-0.15, -0.1) is 0 Å². The van der Waals surface area contributed by atoms with Gasteiger partial charge in [-0.2, -0.15) is 0 Å². The van der Waals surface area contributed by atoms with Gasteiger partial charge in [-0.1, -0.05) is 23.8 Å². The average molecular weight is 484 g/mol. The predicted molar refractivity (Wildman–Crippen MR) is 136 cm³/mol. The Hall–Kier alpha value is -3.55. The summed E-state index contributed by atoms with van der Waals surface area (Å²) in [6, 6.07) is 11.5. The number of hydrogen-bond donors (Lipinski definition) is 2. The minimum absolute atomic E-state index is 0.301. The van der Waals surface area contributed by atoms with Gasteiger partial charge < -0.3 is 25.0 Å². The van der Waals surface area contributed by atoms with Crippen LogP contribution in [-0.4, -0.2) is 48.1 Å². The molecule has 0 saturated carbocycles. The van der Waals surface area contributed by atoms with Gasteiger partial charge in [0.15, 0.2) is 0 Å². The Kier molecular flexibility index (Phi) is 9.28. The van der Waals surface area contributed by atoms with E-state index in [9.17, 15) is 14.4 Å². The van der Waals surface area contributed by atoms with E-state index in [-0.39, 0.29) is 18.5 Å². The zero-order valence-electron chi connectivity index (χ0n) is 21.9. The van der Waals surface area contributed by atoms with E-state index in [1.165, 1.54) is 4.90 Å². The Morgan fingerprint density at radius 1 is 1.00 bits per heavy atom. The number of carbonyl (C=O) groups is 3. The first kappa shape index (κ1) is 27.7. The summed E-state index contributed by atoms with van der Waals surface area (Å²) in [6.45, 7) is 12.5. The highest BCUT2D eigenvalue weighted by Gasteiger charge is 2.34. The Morgan fingerprint density at radius 3 is 2.17 bits per heavy atom. The molecule has 1 atom stereocenters. The normalized spacial score (nSPS) is 12.0. The standard InChI is InChI=1S/C27H37N3O5/c1-17(2)30(23(31)16-28-26(33)35-27(5,6)7)24(22-15-18(3)9-10-19(22)4)25(32)29-20-11-13-21(34-8)14-12-20/h9-15,17,24H,16H2,1-8H3,(H,28,33)(H,29,32). The van der Waals surface area contributed by atoms with E-state index in [4.69, 9.17) is 9.47 Å². The molecule has 0 bridgehead atoms. The van der Waals surface area contributed by atoms with Crippen molar-refractivity contribution in [2.24, 2.45) is 0 Å². The van der Waals surface area contributed by atoms with Crippen molar-refractivity contribution in [2.45, 2.75) is 66.2 Å². The first-order chi connectivity index (χ1) is 16.3. The topological polar surface area (TPSA) is 97.0 Å². The van der Waals surface area contributed by atoms with Gasteiger partial charge in [-0.05, 0) is 83.9 Å². The zero-order valence-corrected chi connectivity index (χ0v) is 21.9. The lowest BCUT2D eigenvalue weighted by Gasteiger charge is -2.35. The Balaban J connectivity index is 2.39. The lowest BCUT2D eigenvalue weighted by molar-refractivity contribution is -0.140. The number of benzene rings is 2. The van der Waals surface area contributed by atoms with Gasteiger partial charge >= 0.3 is 6.09 Å². The maximum Gasteiger partial charge on any atom is 0.408 e. The summed E-state index contributed by atoms with van der Waals surface area (Å²) >= 11 is 0. The van der Waals surface area contributed by atoms with Crippen LogP contribution in [0.4, 0.5) is 10.5 Å².